The van der Waals surface area contributed by atoms with E-state index in [1.807, 2.05) is 56.8 Å². The van der Waals surface area contributed by atoms with Crippen LogP contribution in [0.1, 0.15) is 63.2 Å². The second kappa shape index (κ2) is 7.49. The quantitative estimate of drug-likeness (QED) is 0.752. The average molecular weight is 373 g/mol. The summed E-state index contributed by atoms with van der Waals surface area (Å²) in [6.07, 6.45) is 5.85. The Hall–Kier alpha value is -2.11. The Morgan fingerprint density at radius 3 is 2.26 bits per heavy atom. The molecule has 2 fully saturated rings. The van der Waals surface area contributed by atoms with Crippen LogP contribution in [0, 0.1) is 5.92 Å². The molecule has 0 saturated carbocycles. The summed E-state index contributed by atoms with van der Waals surface area (Å²) in [7, 11) is 3.86. The summed E-state index contributed by atoms with van der Waals surface area (Å²) in [6.45, 7) is 5.67. The highest BCUT2D eigenvalue weighted by atomic mass is 16.6. The summed E-state index contributed by atoms with van der Waals surface area (Å²) in [4.78, 5) is 33.9. The van der Waals surface area contributed by atoms with Crippen molar-refractivity contribution >= 4 is 17.7 Å². The van der Waals surface area contributed by atoms with E-state index >= 15 is 0 Å². The van der Waals surface area contributed by atoms with Crippen LogP contribution >= 0.6 is 0 Å². The number of carbonyl (C=O) groups is 2. The molecule has 1 amide bonds. The van der Waals surface area contributed by atoms with Gasteiger partial charge in [-0.2, -0.15) is 0 Å². The van der Waals surface area contributed by atoms with E-state index in [2.05, 4.69) is 4.98 Å². The van der Waals surface area contributed by atoms with Crippen LogP contribution in [0.4, 0.5) is 10.6 Å². The zero-order valence-corrected chi connectivity index (χ0v) is 17.1. The SMILES string of the molecule is CN(C)c1ccc(C(=O)C2CC3CCCC(C2)N3C(=O)OC(C)(C)C)cn1. The molecule has 2 bridgehead atoms. The topological polar surface area (TPSA) is 62.7 Å². The van der Waals surface area contributed by atoms with Gasteiger partial charge in [-0.3, -0.25) is 4.79 Å². The maximum atomic E-state index is 13.0. The van der Waals surface area contributed by atoms with Crippen LogP contribution < -0.4 is 4.90 Å². The third-order valence-corrected chi connectivity index (χ3v) is 5.44. The highest BCUT2D eigenvalue weighted by Gasteiger charge is 2.44. The van der Waals surface area contributed by atoms with Gasteiger partial charge >= 0.3 is 6.09 Å². The van der Waals surface area contributed by atoms with Crippen LogP contribution in [0.25, 0.3) is 0 Å². The third-order valence-electron chi connectivity index (χ3n) is 5.44. The summed E-state index contributed by atoms with van der Waals surface area (Å²) in [6, 6.07) is 3.93. The molecule has 2 aliphatic rings. The minimum Gasteiger partial charge on any atom is -0.444 e. The van der Waals surface area contributed by atoms with Crippen LogP contribution in [-0.2, 0) is 4.74 Å². The van der Waals surface area contributed by atoms with Crippen LogP contribution in [-0.4, -0.2) is 53.5 Å². The van der Waals surface area contributed by atoms with Gasteiger partial charge in [-0.05, 0) is 65.0 Å². The number of ether oxygens (including phenoxy) is 1. The summed E-state index contributed by atoms with van der Waals surface area (Å²) in [5, 5.41) is 0. The number of rotatable bonds is 3. The fourth-order valence-electron chi connectivity index (χ4n) is 4.24. The first-order chi connectivity index (χ1) is 12.7. The van der Waals surface area contributed by atoms with E-state index in [9.17, 15) is 9.59 Å². The molecule has 2 unspecified atom stereocenters. The fraction of sp³-hybridized carbons (Fsp3) is 0.667. The molecule has 6 heteroatoms. The molecule has 148 valence electrons. The Bertz CT molecular complexity index is 680. The number of pyridine rings is 1. The number of Topliss-reactive ketones (excluding diaryl/α,β-unsaturated/α-hetero) is 1. The van der Waals surface area contributed by atoms with Gasteiger partial charge in [-0.25, -0.2) is 9.78 Å². The van der Waals surface area contributed by atoms with Gasteiger partial charge in [0, 0.05) is 43.9 Å². The van der Waals surface area contributed by atoms with Crippen molar-refractivity contribution in [3.05, 3.63) is 23.9 Å². The lowest BCUT2D eigenvalue weighted by Gasteiger charge is -2.48. The Morgan fingerprint density at radius 2 is 1.78 bits per heavy atom. The largest absolute Gasteiger partial charge is 0.444 e. The molecule has 2 atom stereocenters. The van der Waals surface area contributed by atoms with Crippen molar-refractivity contribution in [2.24, 2.45) is 5.92 Å². The molecular weight excluding hydrogens is 342 g/mol. The second-order valence-electron chi connectivity index (χ2n) is 8.96. The Morgan fingerprint density at radius 1 is 1.15 bits per heavy atom. The molecule has 0 aliphatic carbocycles. The van der Waals surface area contributed by atoms with Crippen molar-refractivity contribution in [3.63, 3.8) is 0 Å². The number of hydrogen-bond acceptors (Lipinski definition) is 5. The molecule has 0 N–H and O–H groups in total. The van der Waals surface area contributed by atoms with Gasteiger partial charge in [0.15, 0.2) is 5.78 Å². The minimum atomic E-state index is -0.502. The van der Waals surface area contributed by atoms with Gasteiger partial charge < -0.3 is 14.5 Å². The summed E-state index contributed by atoms with van der Waals surface area (Å²) in [5.41, 5.74) is 0.159. The van der Waals surface area contributed by atoms with E-state index in [-0.39, 0.29) is 29.9 Å². The summed E-state index contributed by atoms with van der Waals surface area (Å²) >= 11 is 0. The van der Waals surface area contributed by atoms with Gasteiger partial charge in [-0.1, -0.05) is 0 Å². The zero-order valence-electron chi connectivity index (χ0n) is 17.1. The van der Waals surface area contributed by atoms with Crippen LogP contribution in [0.5, 0.6) is 0 Å². The molecule has 2 aliphatic heterocycles. The van der Waals surface area contributed by atoms with E-state index < -0.39 is 5.60 Å². The van der Waals surface area contributed by atoms with E-state index in [0.29, 0.717) is 18.4 Å². The molecule has 3 heterocycles. The highest BCUT2D eigenvalue weighted by molar-refractivity contribution is 5.98. The van der Waals surface area contributed by atoms with Crippen molar-refractivity contribution in [2.75, 3.05) is 19.0 Å². The van der Waals surface area contributed by atoms with Crippen LogP contribution in [0.3, 0.4) is 0 Å². The summed E-state index contributed by atoms with van der Waals surface area (Å²) in [5.74, 6) is 0.933. The lowest BCUT2D eigenvalue weighted by molar-refractivity contribution is -0.0260. The van der Waals surface area contributed by atoms with E-state index in [4.69, 9.17) is 4.74 Å². The molecular formula is C21H31N3O3. The van der Waals surface area contributed by atoms with E-state index in [1.54, 1.807) is 6.20 Å². The number of nitrogens with zero attached hydrogens (tertiary/aromatic N) is 3. The highest BCUT2D eigenvalue weighted by Crippen LogP contribution is 2.39. The molecule has 1 aromatic rings. The molecule has 1 aromatic heterocycles. The maximum Gasteiger partial charge on any atom is 0.410 e. The molecule has 6 nitrogen and oxygen atoms in total. The number of ketones is 1. The van der Waals surface area contributed by atoms with Crippen LogP contribution in [0.2, 0.25) is 0 Å². The van der Waals surface area contributed by atoms with E-state index in [0.717, 1.165) is 25.1 Å². The Kier molecular flexibility index (Phi) is 5.45. The van der Waals surface area contributed by atoms with Gasteiger partial charge in [0.1, 0.15) is 11.4 Å². The van der Waals surface area contributed by atoms with Gasteiger partial charge in [0.2, 0.25) is 0 Å². The van der Waals surface area contributed by atoms with Crippen molar-refractivity contribution in [1.29, 1.82) is 0 Å². The van der Waals surface area contributed by atoms with Crippen molar-refractivity contribution in [1.82, 2.24) is 9.88 Å². The first-order valence-corrected chi connectivity index (χ1v) is 9.84. The van der Waals surface area contributed by atoms with Gasteiger partial charge in [-0.15, -0.1) is 0 Å². The van der Waals surface area contributed by atoms with Crippen molar-refractivity contribution in [3.8, 4) is 0 Å². The molecule has 3 rings (SSSR count). The van der Waals surface area contributed by atoms with E-state index in [1.165, 1.54) is 0 Å². The van der Waals surface area contributed by atoms with Crippen LogP contribution in [0.15, 0.2) is 18.3 Å². The number of hydrogen-bond donors (Lipinski definition) is 0. The fourth-order valence-corrected chi connectivity index (χ4v) is 4.24. The molecule has 0 radical (unpaired) electrons. The van der Waals surface area contributed by atoms with Crippen molar-refractivity contribution < 1.29 is 14.3 Å². The van der Waals surface area contributed by atoms with Gasteiger partial charge in [0.05, 0.1) is 0 Å². The first kappa shape index (κ1) is 19.6. The number of anilines is 1. The lowest BCUT2D eigenvalue weighted by Crippen LogP contribution is -2.56. The van der Waals surface area contributed by atoms with Crippen molar-refractivity contribution in [2.45, 2.75) is 70.6 Å². The maximum absolute atomic E-state index is 13.0. The number of piperidine rings is 2. The average Bonchev–Trinajstić information content (AvgIpc) is 2.58. The third kappa shape index (κ3) is 4.42. The molecule has 0 aromatic carbocycles. The Balaban J connectivity index is 1.72. The standard InChI is InChI=1S/C21H31N3O3/c1-21(2,3)27-20(26)24-16-7-6-8-17(24)12-15(11-16)19(25)14-9-10-18(22-13-14)23(4)5/h9-10,13,15-17H,6-8,11-12H2,1-5H3. The Labute approximate surface area is 161 Å². The summed E-state index contributed by atoms with van der Waals surface area (Å²) < 4.78 is 5.62. The smallest absolute Gasteiger partial charge is 0.410 e. The number of fused-ring (bicyclic) bond motifs is 2. The van der Waals surface area contributed by atoms with Gasteiger partial charge in [0.25, 0.3) is 0 Å². The number of aromatic nitrogens is 1. The monoisotopic (exact) mass is 373 g/mol. The normalized spacial score (nSPS) is 25.1. The first-order valence-electron chi connectivity index (χ1n) is 9.84. The molecule has 2 saturated heterocycles. The predicted octanol–water partition coefficient (Wildman–Crippen LogP) is 3.90. The molecule has 27 heavy (non-hydrogen) atoms. The zero-order chi connectivity index (χ0) is 19.8. The number of carbonyl (C=O) groups excluding carboxylic acids is 2. The predicted molar refractivity (Wildman–Crippen MR) is 105 cm³/mol. The second-order valence-corrected chi connectivity index (χ2v) is 8.96. The number of amides is 1. The lowest BCUT2D eigenvalue weighted by atomic mass is 9.76. The minimum absolute atomic E-state index is 0.0500. The molecule has 0 spiro atoms.